The molecule has 0 atom stereocenters. The van der Waals surface area contributed by atoms with Crippen LogP contribution in [0.25, 0.3) is 6.20 Å². The van der Waals surface area contributed by atoms with Crippen LogP contribution in [-0.4, -0.2) is 40.9 Å². The first-order valence-corrected chi connectivity index (χ1v) is 5.97. The summed E-state index contributed by atoms with van der Waals surface area (Å²) in [6.07, 6.45) is 8.31. The third-order valence-electron chi connectivity index (χ3n) is 2.97. The van der Waals surface area contributed by atoms with Gasteiger partial charge in [-0.1, -0.05) is 6.58 Å². The van der Waals surface area contributed by atoms with Gasteiger partial charge in [0.15, 0.2) is 0 Å². The van der Waals surface area contributed by atoms with E-state index in [9.17, 15) is 0 Å². The molecular formula is C12H20N4. The van der Waals surface area contributed by atoms with Gasteiger partial charge in [-0.25, -0.2) is 4.68 Å². The topological polar surface area (TPSA) is 33.1 Å². The fourth-order valence-corrected chi connectivity index (χ4v) is 2.04. The Morgan fingerprint density at radius 1 is 1.44 bits per heavy atom. The molecule has 0 aromatic carbocycles. The van der Waals surface area contributed by atoms with Crippen molar-refractivity contribution in [1.82, 2.24) is 20.0 Å². The first-order chi connectivity index (χ1) is 7.88. The van der Waals surface area contributed by atoms with Crippen LogP contribution in [0.15, 0.2) is 19.0 Å². The van der Waals surface area contributed by atoms with E-state index in [1.54, 1.807) is 10.9 Å². The lowest BCUT2D eigenvalue weighted by Crippen LogP contribution is -2.29. The van der Waals surface area contributed by atoms with E-state index in [0.29, 0.717) is 0 Å². The van der Waals surface area contributed by atoms with E-state index < -0.39 is 0 Å². The summed E-state index contributed by atoms with van der Waals surface area (Å²) in [6, 6.07) is 0. The first-order valence-electron chi connectivity index (χ1n) is 5.97. The van der Waals surface area contributed by atoms with Gasteiger partial charge >= 0.3 is 0 Å². The van der Waals surface area contributed by atoms with Crippen LogP contribution in [0.3, 0.4) is 0 Å². The second kappa shape index (κ2) is 5.82. The molecule has 0 unspecified atom stereocenters. The molecule has 0 aliphatic carbocycles. The van der Waals surface area contributed by atoms with Crippen molar-refractivity contribution in [3.8, 4) is 0 Å². The van der Waals surface area contributed by atoms with Crippen LogP contribution < -0.4 is 5.32 Å². The van der Waals surface area contributed by atoms with Crippen LogP contribution in [0.2, 0.25) is 0 Å². The highest BCUT2D eigenvalue weighted by molar-refractivity contribution is 5.17. The van der Waals surface area contributed by atoms with E-state index in [1.807, 2.05) is 12.4 Å². The maximum absolute atomic E-state index is 4.14. The van der Waals surface area contributed by atoms with E-state index in [0.717, 1.165) is 19.6 Å². The normalized spacial score (nSPS) is 16.8. The lowest BCUT2D eigenvalue weighted by molar-refractivity contribution is 0.335. The maximum Gasteiger partial charge on any atom is 0.0538 e. The van der Waals surface area contributed by atoms with Gasteiger partial charge in [0, 0.05) is 37.6 Å². The number of aromatic nitrogens is 2. The number of likely N-dealkylation sites (tertiary alicyclic amines) is 1. The highest BCUT2D eigenvalue weighted by atomic mass is 15.2. The Bertz CT molecular complexity index is 326. The minimum Gasteiger partial charge on any atom is -0.311 e. The van der Waals surface area contributed by atoms with Crippen molar-refractivity contribution in [2.45, 2.75) is 19.4 Å². The molecule has 1 fully saturated rings. The monoisotopic (exact) mass is 220 g/mol. The van der Waals surface area contributed by atoms with Crippen molar-refractivity contribution < 1.29 is 0 Å². The quantitative estimate of drug-likeness (QED) is 0.731. The van der Waals surface area contributed by atoms with Crippen LogP contribution in [-0.2, 0) is 6.54 Å². The van der Waals surface area contributed by atoms with Gasteiger partial charge in [0.05, 0.1) is 6.20 Å². The largest absolute Gasteiger partial charge is 0.311 e. The van der Waals surface area contributed by atoms with Gasteiger partial charge < -0.3 is 10.2 Å². The lowest BCUT2D eigenvalue weighted by Gasteiger charge is -2.14. The third-order valence-corrected chi connectivity index (χ3v) is 2.97. The number of hydrogen-bond acceptors (Lipinski definition) is 3. The standard InChI is InChI=1S/C12H20N4/c1-2-16-11-12(10-14-16)9-13-5-8-15-6-3-4-7-15/h2,10-11,13H,1,3-9H2. The highest BCUT2D eigenvalue weighted by Gasteiger charge is 2.09. The van der Waals surface area contributed by atoms with Crippen LogP contribution in [0, 0.1) is 0 Å². The molecule has 1 aromatic heterocycles. The minimum atomic E-state index is 0.891. The van der Waals surface area contributed by atoms with Gasteiger partial charge in [0.2, 0.25) is 0 Å². The summed E-state index contributed by atoms with van der Waals surface area (Å²) >= 11 is 0. The average molecular weight is 220 g/mol. The highest BCUT2D eigenvalue weighted by Crippen LogP contribution is 2.05. The van der Waals surface area contributed by atoms with E-state index >= 15 is 0 Å². The molecule has 16 heavy (non-hydrogen) atoms. The summed E-state index contributed by atoms with van der Waals surface area (Å²) in [5.74, 6) is 0. The SMILES string of the molecule is C=Cn1cc(CNCCN2CCCC2)cn1. The maximum atomic E-state index is 4.14. The van der Waals surface area contributed by atoms with Gasteiger partial charge in [0.1, 0.15) is 0 Å². The lowest BCUT2D eigenvalue weighted by atomic mass is 10.3. The van der Waals surface area contributed by atoms with E-state index in [-0.39, 0.29) is 0 Å². The molecule has 88 valence electrons. The molecule has 0 bridgehead atoms. The van der Waals surface area contributed by atoms with E-state index in [1.165, 1.54) is 31.5 Å². The Balaban J connectivity index is 1.61. The molecular weight excluding hydrogens is 200 g/mol. The van der Waals surface area contributed by atoms with Crippen LogP contribution >= 0.6 is 0 Å². The zero-order chi connectivity index (χ0) is 11.2. The van der Waals surface area contributed by atoms with Gasteiger partial charge in [-0.2, -0.15) is 5.10 Å². The van der Waals surface area contributed by atoms with Crippen LogP contribution in [0.1, 0.15) is 18.4 Å². The number of nitrogens with one attached hydrogen (secondary N) is 1. The predicted molar refractivity (Wildman–Crippen MR) is 66.0 cm³/mol. The average Bonchev–Trinajstić information content (AvgIpc) is 2.95. The van der Waals surface area contributed by atoms with Gasteiger partial charge in [0.25, 0.3) is 0 Å². The Hall–Kier alpha value is -1.13. The zero-order valence-corrected chi connectivity index (χ0v) is 9.73. The molecule has 0 radical (unpaired) electrons. The second-order valence-corrected chi connectivity index (χ2v) is 4.24. The summed E-state index contributed by atoms with van der Waals surface area (Å²) in [5.41, 5.74) is 1.21. The molecule has 1 saturated heterocycles. The summed E-state index contributed by atoms with van der Waals surface area (Å²) in [4.78, 5) is 2.51. The predicted octanol–water partition coefficient (Wildman–Crippen LogP) is 1.17. The minimum absolute atomic E-state index is 0.891. The molecule has 1 aromatic rings. The molecule has 0 spiro atoms. The van der Waals surface area contributed by atoms with Gasteiger partial charge in [-0.05, 0) is 25.9 Å². The van der Waals surface area contributed by atoms with E-state index in [2.05, 4.69) is 21.9 Å². The number of hydrogen-bond donors (Lipinski definition) is 1. The van der Waals surface area contributed by atoms with Crippen molar-refractivity contribution in [2.24, 2.45) is 0 Å². The van der Waals surface area contributed by atoms with Crippen molar-refractivity contribution in [3.63, 3.8) is 0 Å². The van der Waals surface area contributed by atoms with Crippen molar-refractivity contribution in [1.29, 1.82) is 0 Å². The molecule has 2 heterocycles. The molecule has 4 nitrogen and oxygen atoms in total. The summed E-state index contributed by atoms with van der Waals surface area (Å²) in [6.45, 7) is 9.32. The van der Waals surface area contributed by atoms with Gasteiger partial charge in [-0.3, -0.25) is 0 Å². The summed E-state index contributed by atoms with van der Waals surface area (Å²) < 4.78 is 1.73. The third kappa shape index (κ3) is 3.18. The molecule has 0 amide bonds. The van der Waals surface area contributed by atoms with Crippen molar-refractivity contribution in [2.75, 3.05) is 26.2 Å². The molecule has 1 aliphatic rings. The fraction of sp³-hybridized carbons (Fsp3) is 0.583. The summed E-state index contributed by atoms with van der Waals surface area (Å²) in [7, 11) is 0. The van der Waals surface area contributed by atoms with Crippen molar-refractivity contribution >= 4 is 6.20 Å². The first kappa shape index (κ1) is 11.4. The Morgan fingerprint density at radius 3 is 2.94 bits per heavy atom. The Morgan fingerprint density at radius 2 is 2.25 bits per heavy atom. The number of nitrogens with zero attached hydrogens (tertiary/aromatic N) is 3. The molecule has 1 N–H and O–H groups in total. The Labute approximate surface area is 96.9 Å². The van der Waals surface area contributed by atoms with Crippen LogP contribution in [0.4, 0.5) is 0 Å². The zero-order valence-electron chi connectivity index (χ0n) is 9.73. The summed E-state index contributed by atoms with van der Waals surface area (Å²) in [5, 5.41) is 7.58. The number of rotatable bonds is 6. The molecule has 2 rings (SSSR count). The molecule has 1 aliphatic heterocycles. The Kier molecular flexibility index (Phi) is 4.13. The molecule has 0 saturated carbocycles. The van der Waals surface area contributed by atoms with Crippen LogP contribution in [0.5, 0.6) is 0 Å². The fourth-order valence-electron chi connectivity index (χ4n) is 2.04. The molecule has 4 heteroatoms. The van der Waals surface area contributed by atoms with E-state index in [4.69, 9.17) is 0 Å². The second-order valence-electron chi connectivity index (χ2n) is 4.24. The smallest absolute Gasteiger partial charge is 0.0538 e. The van der Waals surface area contributed by atoms with Crippen molar-refractivity contribution in [3.05, 3.63) is 24.5 Å². The van der Waals surface area contributed by atoms with Gasteiger partial charge in [-0.15, -0.1) is 0 Å².